The molecule has 4 nitrogen and oxygen atoms in total. The minimum absolute atomic E-state index is 0.317. The van der Waals surface area contributed by atoms with Crippen LogP contribution in [0, 0.1) is 0 Å². The first-order valence-electron chi connectivity index (χ1n) is 4.53. The number of piperidine rings is 1. The Morgan fingerprint density at radius 1 is 1.31 bits per heavy atom. The van der Waals surface area contributed by atoms with Crippen molar-refractivity contribution < 1.29 is 4.52 Å². The van der Waals surface area contributed by atoms with Crippen LogP contribution in [-0.2, 0) is 5.88 Å². The summed E-state index contributed by atoms with van der Waals surface area (Å²) in [6.45, 7) is 2.04. The van der Waals surface area contributed by atoms with E-state index in [1.807, 2.05) is 0 Å². The number of hydrogen-bond donors (Lipinski definition) is 0. The maximum absolute atomic E-state index is 5.58. The second-order valence-corrected chi connectivity index (χ2v) is 3.44. The summed E-state index contributed by atoms with van der Waals surface area (Å²) in [6, 6.07) is 0.621. The fourth-order valence-corrected chi connectivity index (χ4v) is 1.62. The maximum Gasteiger partial charge on any atom is 0.324 e. The Morgan fingerprint density at radius 3 is 2.69 bits per heavy atom. The van der Waals surface area contributed by atoms with Crippen LogP contribution in [0.4, 0.5) is 6.01 Å². The molecule has 72 valence electrons. The third-order valence-electron chi connectivity index (χ3n) is 2.20. The van der Waals surface area contributed by atoms with Crippen molar-refractivity contribution in [3.05, 3.63) is 5.82 Å². The van der Waals surface area contributed by atoms with Crippen molar-refractivity contribution in [2.24, 2.45) is 0 Å². The van der Waals surface area contributed by atoms with Gasteiger partial charge in [0.2, 0.25) is 0 Å². The average Bonchev–Trinajstić information content (AvgIpc) is 2.67. The normalized spacial score (nSPS) is 17.8. The molecule has 1 aliphatic heterocycles. The molecule has 0 aromatic carbocycles. The Morgan fingerprint density at radius 2 is 2.08 bits per heavy atom. The topological polar surface area (TPSA) is 42.2 Å². The molecule has 0 N–H and O–H groups in total. The molecule has 0 atom stereocenters. The van der Waals surface area contributed by atoms with Gasteiger partial charge in [-0.05, 0) is 19.3 Å². The first-order valence-corrected chi connectivity index (χ1v) is 5.07. The Bertz CT molecular complexity index is 270. The summed E-state index contributed by atoms with van der Waals surface area (Å²) >= 11 is 5.58. The molecule has 0 aliphatic carbocycles. The van der Waals surface area contributed by atoms with E-state index in [0.29, 0.717) is 17.7 Å². The predicted molar refractivity (Wildman–Crippen MR) is 49.9 cm³/mol. The van der Waals surface area contributed by atoms with Crippen molar-refractivity contribution in [3.63, 3.8) is 0 Å². The van der Waals surface area contributed by atoms with Gasteiger partial charge in [0, 0.05) is 13.1 Å². The number of aromatic nitrogens is 2. The molecule has 1 saturated heterocycles. The van der Waals surface area contributed by atoms with Gasteiger partial charge in [0.05, 0.1) is 5.88 Å². The van der Waals surface area contributed by atoms with Crippen molar-refractivity contribution in [1.29, 1.82) is 0 Å². The number of anilines is 1. The van der Waals surface area contributed by atoms with Crippen LogP contribution in [-0.4, -0.2) is 23.2 Å². The molecule has 0 amide bonds. The fourth-order valence-electron chi connectivity index (χ4n) is 1.51. The highest BCUT2D eigenvalue weighted by Crippen LogP contribution is 2.17. The molecule has 1 aromatic heterocycles. The van der Waals surface area contributed by atoms with E-state index < -0.39 is 0 Å². The van der Waals surface area contributed by atoms with Crippen molar-refractivity contribution in [2.75, 3.05) is 18.0 Å². The molecular weight excluding hydrogens is 190 g/mol. The van der Waals surface area contributed by atoms with E-state index in [0.717, 1.165) is 13.1 Å². The smallest absolute Gasteiger partial charge is 0.324 e. The van der Waals surface area contributed by atoms with Crippen LogP contribution in [0.1, 0.15) is 25.1 Å². The monoisotopic (exact) mass is 201 g/mol. The largest absolute Gasteiger partial charge is 0.324 e. The molecule has 0 unspecified atom stereocenters. The van der Waals surface area contributed by atoms with Gasteiger partial charge in [-0.2, -0.15) is 4.98 Å². The van der Waals surface area contributed by atoms with Gasteiger partial charge in [-0.3, -0.25) is 0 Å². The molecule has 1 aliphatic rings. The number of alkyl halides is 1. The highest BCUT2D eigenvalue weighted by Gasteiger charge is 2.16. The summed E-state index contributed by atoms with van der Waals surface area (Å²) in [6.07, 6.45) is 3.71. The van der Waals surface area contributed by atoms with E-state index in [-0.39, 0.29) is 0 Å². The third-order valence-corrected chi connectivity index (χ3v) is 2.44. The predicted octanol–water partition coefficient (Wildman–Crippen LogP) is 1.80. The summed E-state index contributed by atoms with van der Waals surface area (Å²) in [5.74, 6) is 0.888. The van der Waals surface area contributed by atoms with E-state index in [4.69, 9.17) is 16.1 Å². The van der Waals surface area contributed by atoms with Crippen LogP contribution in [0.3, 0.4) is 0 Å². The first kappa shape index (κ1) is 8.81. The van der Waals surface area contributed by atoms with Gasteiger partial charge < -0.3 is 9.42 Å². The summed E-state index contributed by atoms with van der Waals surface area (Å²) < 4.78 is 5.08. The van der Waals surface area contributed by atoms with Crippen molar-refractivity contribution in [3.8, 4) is 0 Å². The van der Waals surface area contributed by atoms with Crippen molar-refractivity contribution in [2.45, 2.75) is 25.1 Å². The van der Waals surface area contributed by atoms with Crippen LogP contribution < -0.4 is 4.90 Å². The lowest BCUT2D eigenvalue weighted by atomic mass is 10.1. The Labute approximate surface area is 81.9 Å². The number of rotatable bonds is 2. The first-order chi connectivity index (χ1) is 6.40. The lowest BCUT2D eigenvalue weighted by molar-refractivity contribution is 0.398. The summed E-state index contributed by atoms with van der Waals surface area (Å²) in [4.78, 5) is 6.29. The molecule has 1 aromatic rings. The standard InChI is InChI=1S/C8H12ClN3O/c9-6-7-10-8(13-11-7)12-4-2-1-3-5-12/h1-6H2. The fraction of sp³-hybridized carbons (Fsp3) is 0.750. The highest BCUT2D eigenvalue weighted by atomic mass is 35.5. The van der Waals surface area contributed by atoms with Crippen molar-refractivity contribution >= 4 is 17.6 Å². The van der Waals surface area contributed by atoms with Gasteiger partial charge in [0.15, 0.2) is 5.82 Å². The van der Waals surface area contributed by atoms with Crippen LogP contribution >= 0.6 is 11.6 Å². The van der Waals surface area contributed by atoms with Gasteiger partial charge in [0.1, 0.15) is 0 Å². The highest BCUT2D eigenvalue weighted by molar-refractivity contribution is 6.16. The van der Waals surface area contributed by atoms with Crippen molar-refractivity contribution in [1.82, 2.24) is 10.1 Å². The molecule has 1 fully saturated rings. The quantitative estimate of drug-likeness (QED) is 0.685. The van der Waals surface area contributed by atoms with Gasteiger partial charge in [0.25, 0.3) is 0 Å². The van der Waals surface area contributed by atoms with E-state index in [9.17, 15) is 0 Å². The van der Waals surface area contributed by atoms with Gasteiger partial charge in [-0.25, -0.2) is 0 Å². The summed E-state index contributed by atoms with van der Waals surface area (Å²) in [5, 5.41) is 3.75. The molecule has 2 heterocycles. The maximum atomic E-state index is 5.58. The zero-order valence-electron chi connectivity index (χ0n) is 7.37. The SMILES string of the molecule is ClCc1noc(N2CCCCC2)n1. The van der Waals surface area contributed by atoms with Gasteiger partial charge >= 0.3 is 6.01 Å². The van der Waals surface area contributed by atoms with E-state index in [1.165, 1.54) is 19.3 Å². The Hall–Kier alpha value is -0.770. The second kappa shape index (κ2) is 3.96. The lowest BCUT2D eigenvalue weighted by Crippen LogP contribution is -2.29. The summed E-state index contributed by atoms with van der Waals surface area (Å²) in [7, 11) is 0. The van der Waals surface area contributed by atoms with Crippen LogP contribution in [0.15, 0.2) is 4.52 Å². The third kappa shape index (κ3) is 1.94. The Kier molecular flexibility index (Phi) is 2.68. The van der Waals surface area contributed by atoms with Crippen LogP contribution in [0.2, 0.25) is 0 Å². The Balaban J connectivity index is 2.05. The molecular formula is C8H12ClN3O. The van der Waals surface area contributed by atoms with Gasteiger partial charge in [-0.1, -0.05) is 5.16 Å². The van der Waals surface area contributed by atoms with Crippen LogP contribution in [0.25, 0.3) is 0 Å². The number of hydrogen-bond acceptors (Lipinski definition) is 4. The van der Waals surface area contributed by atoms with E-state index in [2.05, 4.69) is 15.0 Å². The zero-order chi connectivity index (χ0) is 9.10. The summed E-state index contributed by atoms with van der Waals surface area (Å²) in [5.41, 5.74) is 0. The lowest BCUT2D eigenvalue weighted by Gasteiger charge is -2.23. The average molecular weight is 202 g/mol. The minimum Gasteiger partial charge on any atom is -0.324 e. The second-order valence-electron chi connectivity index (χ2n) is 3.17. The molecule has 0 spiro atoms. The number of halogens is 1. The van der Waals surface area contributed by atoms with Crippen LogP contribution in [0.5, 0.6) is 0 Å². The molecule has 13 heavy (non-hydrogen) atoms. The zero-order valence-corrected chi connectivity index (χ0v) is 8.13. The van der Waals surface area contributed by atoms with E-state index >= 15 is 0 Å². The molecule has 2 rings (SSSR count). The molecule has 0 saturated carbocycles. The minimum atomic E-state index is 0.317. The van der Waals surface area contributed by atoms with E-state index in [1.54, 1.807) is 0 Å². The van der Waals surface area contributed by atoms with Gasteiger partial charge in [-0.15, -0.1) is 11.6 Å². The molecule has 5 heteroatoms. The molecule has 0 radical (unpaired) electrons. The molecule has 0 bridgehead atoms. The number of nitrogens with zero attached hydrogens (tertiary/aromatic N) is 3.